The van der Waals surface area contributed by atoms with Crippen LogP contribution in [0.1, 0.15) is 52.4 Å². The first-order chi connectivity index (χ1) is 15.9. The minimum Gasteiger partial charge on any atom is -0.464 e. The molecule has 1 amide bonds. The SMILES string of the molecule is CCCCO[C@H]1OC2COC(c3ccccc3)O[C@H]2[C@H](O[C@@H](C)C(=O)OCC)C1NC(C)=O. The first kappa shape index (κ1) is 25.6. The zero-order valence-electron chi connectivity index (χ0n) is 19.7. The van der Waals surface area contributed by atoms with Crippen LogP contribution in [-0.4, -0.2) is 68.4 Å². The molecule has 2 saturated heterocycles. The third-order valence-corrected chi connectivity index (χ3v) is 5.54. The molecule has 2 heterocycles. The van der Waals surface area contributed by atoms with E-state index in [1.54, 1.807) is 13.8 Å². The van der Waals surface area contributed by atoms with Crippen LogP contribution >= 0.6 is 0 Å². The lowest BCUT2D eigenvalue weighted by molar-refractivity contribution is -0.350. The molecule has 0 aliphatic carbocycles. The molecule has 9 nitrogen and oxygen atoms in total. The minimum absolute atomic E-state index is 0.241. The predicted molar refractivity (Wildman–Crippen MR) is 118 cm³/mol. The zero-order chi connectivity index (χ0) is 23.8. The van der Waals surface area contributed by atoms with Crippen molar-refractivity contribution in [1.29, 1.82) is 0 Å². The Bertz CT molecular complexity index is 760. The molecular weight excluding hydrogens is 430 g/mol. The number of hydrogen-bond acceptors (Lipinski definition) is 8. The van der Waals surface area contributed by atoms with Crippen LogP contribution in [0.5, 0.6) is 0 Å². The fourth-order valence-corrected chi connectivity index (χ4v) is 3.94. The van der Waals surface area contributed by atoms with Gasteiger partial charge in [0.05, 0.1) is 13.2 Å². The van der Waals surface area contributed by atoms with Gasteiger partial charge in [-0.1, -0.05) is 43.7 Å². The molecule has 1 aromatic carbocycles. The number of benzene rings is 1. The summed E-state index contributed by atoms with van der Waals surface area (Å²) in [7, 11) is 0. The number of hydrogen-bond donors (Lipinski definition) is 1. The fourth-order valence-electron chi connectivity index (χ4n) is 3.94. The standard InChI is InChI=1S/C24H35NO8/c1-5-7-13-29-24-19(25-16(4)26)21(31-15(3)22(27)28-6-2)20-18(32-24)14-30-23(33-20)17-11-9-8-10-12-17/h8-12,15,18-21,23-24H,5-7,13-14H2,1-4H3,(H,25,26)/t15-,18?,19?,20+,21+,23?,24-/m0/s1. The smallest absolute Gasteiger partial charge is 0.334 e. The number of fused-ring (bicyclic) bond motifs is 1. The molecule has 1 aromatic rings. The summed E-state index contributed by atoms with van der Waals surface area (Å²) in [5.74, 6) is -0.757. The first-order valence-electron chi connectivity index (χ1n) is 11.6. The summed E-state index contributed by atoms with van der Waals surface area (Å²) in [6.07, 6.45) is -2.32. The van der Waals surface area contributed by atoms with Crippen molar-refractivity contribution in [2.75, 3.05) is 19.8 Å². The average molecular weight is 466 g/mol. The van der Waals surface area contributed by atoms with Crippen molar-refractivity contribution in [3.05, 3.63) is 35.9 Å². The van der Waals surface area contributed by atoms with Gasteiger partial charge >= 0.3 is 5.97 Å². The van der Waals surface area contributed by atoms with Crippen LogP contribution in [0, 0.1) is 0 Å². The van der Waals surface area contributed by atoms with Crippen LogP contribution in [0.15, 0.2) is 30.3 Å². The number of carbonyl (C=O) groups is 2. The molecular formula is C24H35NO8. The Morgan fingerprint density at radius 3 is 2.61 bits per heavy atom. The van der Waals surface area contributed by atoms with Gasteiger partial charge in [0, 0.05) is 19.1 Å². The molecule has 1 N–H and O–H groups in total. The summed E-state index contributed by atoms with van der Waals surface area (Å²) in [6, 6.07) is 8.85. The van der Waals surface area contributed by atoms with E-state index in [1.165, 1.54) is 6.92 Å². The number of unbranched alkanes of at least 4 members (excludes halogenated alkanes) is 1. The first-order valence-corrected chi connectivity index (χ1v) is 11.6. The highest BCUT2D eigenvalue weighted by atomic mass is 16.8. The molecule has 184 valence electrons. The van der Waals surface area contributed by atoms with Gasteiger partial charge in [0.1, 0.15) is 24.4 Å². The van der Waals surface area contributed by atoms with Crippen molar-refractivity contribution in [2.24, 2.45) is 0 Å². The molecule has 0 spiro atoms. The van der Waals surface area contributed by atoms with Gasteiger partial charge in [-0.25, -0.2) is 4.79 Å². The zero-order valence-corrected chi connectivity index (χ0v) is 19.7. The molecule has 33 heavy (non-hydrogen) atoms. The van der Waals surface area contributed by atoms with Crippen LogP contribution in [0.25, 0.3) is 0 Å². The Balaban J connectivity index is 1.86. The third-order valence-electron chi connectivity index (χ3n) is 5.54. The molecule has 3 unspecified atom stereocenters. The van der Waals surface area contributed by atoms with E-state index in [2.05, 4.69) is 12.2 Å². The minimum atomic E-state index is -0.872. The van der Waals surface area contributed by atoms with Crippen LogP contribution in [0.4, 0.5) is 0 Å². The molecule has 0 aromatic heterocycles. The molecule has 7 atom stereocenters. The van der Waals surface area contributed by atoms with Gasteiger partial charge in [0.15, 0.2) is 18.7 Å². The van der Waals surface area contributed by atoms with Crippen LogP contribution in [-0.2, 0) is 38.0 Å². The Labute approximate surface area is 195 Å². The molecule has 3 rings (SSSR count). The quantitative estimate of drug-likeness (QED) is 0.415. The normalized spacial score (nSPS) is 30.2. The van der Waals surface area contributed by atoms with Crippen molar-refractivity contribution >= 4 is 11.9 Å². The van der Waals surface area contributed by atoms with E-state index in [0.29, 0.717) is 6.61 Å². The van der Waals surface area contributed by atoms with Crippen molar-refractivity contribution < 1.29 is 38.0 Å². The highest BCUT2D eigenvalue weighted by molar-refractivity contribution is 5.74. The van der Waals surface area contributed by atoms with Crippen LogP contribution in [0.2, 0.25) is 0 Å². The second-order valence-electron chi connectivity index (χ2n) is 8.17. The maximum atomic E-state index is 12.3. The second kappa shape index (κ2) is 12.4. The lowest BCUT2D eigenvalue weighted by atomic mass is 9.95. The highest BCUT2D eigenvalue weighted by Crippen LogP contribution is 2.36. The Morgan fingerprint density at radius 1 is 1.18 bits per heavy atom. The van der Waals surface area contributed by atoms with Crippen LogP contribution in [0.3, 0.4) is 0 Å². The Hall–Kier alpha value is -2.04. The summed E-state index contributed by atoms with van der Waals surface area (Å²) in [5.41, 5.74) is 0.852. The van der Waals surface area contributed by atoms with Crippen molar-refractivity contribution in [2.45, 2.75) is 83.6 Å². The van der Waals surface area contributed by atoms with Gasteiger partial charge in [-0.15, -0.1) is 0 Å². The molecule has 0 bridgehead atoms. The van der Waals surface area contributed by atoms with Crippen molar-refractivity contribution in [3.63, 3.8) is 0 Å². The second-order valence-corrected chi connectivity index (χ2v) is 8.17. The van der Waals surface area contributed by atoms with E-state index in [-0.39, 0.29) is 19.1 Å². The van der Waals surface area contributed by atoms with E-state index >= 15 is 0 Å². The average Bonchev–Trinajstić information content (AvgIpc) is 2.81. The number of esters is 1. The largest absolute Gasteiger partial charge is 0.464 e. The lowest BCUT2D eigenvalue weighted by Crippen LogP contribution is -2.68. The van der Waals surface area contributed by atoms with Gasteiger partial charge in [-0.2, -0.15) is 0 Å². The van der Waals surface area contributed by atoms with Gasteiger partial charge in [-0.3, -0.25) is 4.79 Å². The fraction of sp³-hybridized carbons (Fsp3) is 0.667. The monoisotopic (exact) mass is 465 g/mol. The van der Waals surface area contributed by atoms with Crippen molar-refractivity contribution in [3.8, 4) is 0 Å². The van der Waals surface area contributed by atoms with Gasteiger partial charge < -0.3 is 33.7 Å². The molecule has 2 fully saturated rings. The third kappa shape index (κ3) is 6.74. The summed E-state index contributed by atoms with van der Waals surface area (Å²) < 4.78 is 35.6. The molecule has 0 radical (unpaired) electrons. The van der Waals surface area contributed by atoms with Gasteiger partial charge in [0.25, 0.3) is 0 Å². The number of amides is 1. The Kier molecular flexibility index (Phi) is 9.64. The maximum Gasteiger partial charge on any atom is 0.334 e. The molecule has 9 heteroatoms. The molecule has 2 aliphatic heterocycles. The number of nitrogens with one attached hydrogen (secondary N) is 1. The predicted octanol–water partition coefficient (Wildman–Crippen LogP) is 2.48. The van der Waals surface area contributed by atoms with E-state index in [4.69, 9.17) is 28.4 Å². The van der Waals surface area contributed by atoms with Gasteiger partial charge in [0.2, 0.25) is 5.91 Å². The van der Waals surface area contributed by atoms with Crippen molar-refractivity contribution in [1.82, 2.24) is 5.32 Å². The number of carbonyl (C=O) groups excluding carboxylic acids is 2. The summed E-state index contributed by atoms with van der Waals surface area (Å²) in [6.45, 7) is 7.78. The summed E-state index contributed by atoms with van der Waals surface area (Å²) >= 11 is 0. The highest BCUT2D eigenvalue weighted by Gasteiger charge is 2.52. The van der Waals surface area contributed by atoms with E-state index in [0.717, 1.165) is 18.4 Å². The summed E-state index contributed by atoms with van der Waals surface area (Å²) in [5, 5.41) is 2.89. The summed E-state index contributed by atoms with van der Waals surface area (Å²) in [4.78, 5) is 24.4. The lowest BCUT2D eigenvalue weighted by Gasteiger charge is -2.49. The van der Waals surface area contributed by atoms with E-state index in [1.807, 2.05) is 30.3 Å². The van der Waals surface area contributed by atoms with E-state index < -0.39 is 49.0 Å². The number of rotatable bonds is 10. The van der Waals surface area contributed by atoms with Crippen LogP contribution < -0.4 is 5.32 Å². The topological polar surface area (TPSA) is 102 Å². The Morgan fingerprint density at radius 2 is 1.94 bits per heavy atom. The maximum absolute atomic E-state index is 12.3. The number of ether oxygens (including phenoxy) is 6. The molecule has 0 saturated carbocycles. The molecule has 2 aliphatic rings. The van der Waals surface area contributed by atoms with E-state index in [9.17, 15) is 9.59 Å². The van der Waals surface area contributed by atoms with Gasteiger partial charge in [-0.05, 0) is 20.3 Å².